The Hall–Kier alpha value is -2.75. The number of benzene rings is 1. The van der Waals surface area contributed by atoms with E-state index in [1.807, 2.05) is 0 Å². The fourth-order valence-corrected chi connectivity index (χ4v) is 3.28. The van der Waals surface area contributed by atoms with Crippen molar-refractivity contribution in [3.8, 4) is 11.5 Å². The van der Waals surface area contributed by atoms with Crippen LogP contribution in [0, 0.1) is 10.1 Å². The number of aryl methyl sites for hydroxylation is 1. The Morgan fingerprint density at radius 1 is 1.27 bits per heavy atom. The van der Waals surface area contributed by atoms with Crippen molar-refractivity contribution in [3.05, 3.63) is 32.8 Å². The number of nitrogens with zero attached hydrogens (tertiary/aromatic N) is 3. The first-order valence-corrected chi connectivity index (χ1v) is 9.12. The van der Waals surface area contributed by atoms with Crippen LogP contribution in [0.5, 0.6) is 11.5 Å². The number of nitro groups is 1. The summed E-state index contributed by atoms with van der Waals surface area (Å²) >= 11 is 1.27. The normalized spacial score (nSPS) is 12.7. The third-order valence-corrected chi connectivity index (χ3v) is 4.68. The van der Waals surface area contributed by atoms with Gasteiger partial charge in [-0.05, 0) is 6.42 Å². The third kappa shape index (κ3) is 4.07. The molecule has 1 amide bonds. The van der Waals surface area contributed by atoms with Crippen molar-refractivity contribution < 1.29 is 19.2 Å². The highest BCUT2D eigenvalue weighted by molar-refractivity contribution is 7.15. The molecule has 1 aromatic heterocycles. The van der Waals surface area contributed by atoms with Crippen LogP contribution in [0.2, 0.25) is 0 Å². The number of nitro benzene ring substituents is 1. The minimum absolute atomic E-state index is 0.109. The summed E-state index contributed by atoms with van der Waals surface area (Å²) in [5.41, 5.74) is -0.457. The van der Waals surface area contributed by atoms with Gasteiger partial charge < -0.3 is 9.47 Å². The first-order chi connectivity index (χ1) is 12.6. The van der Waals surface area contributed by atoms with Gasteiger partial charge in [-0.25, -0.2) is 0 Å². The summed E-state index contributed by atoms with van der Waals surface area (Å²) in [7, 11) is 0. The topological polar surface area (TPSA) is 116 Å². The molecule has 2 aromatic rings. The molecular weight excluding hydrogens is 360 g/mol. The Kier molecular flexibility index (Phi) is 5.61. The van der Waals surface area contributed by atoms with E-state index in [-0.39, 0.29) is 17.0 Å². The molecule has 1 aromatic carbocycles. The van der Waals surface area contributed by atoms with Crippen molar-refractivity contribution in [2.75, 3.05) is 18.5 Å². The van der Waals surface area contributed by atoms with E-state index in [1.54, 1.807) is 0 Å². The Morgan fingerprint density at radius 3 is 2.69 bits per heavy atom. The van der Waals surface area contributed by atoms with Crippen molar-refractivity contribution >= 4 is 28.1 Å². The lowest BCUT2D eigenvalue weighted by Gasteiger charge is -2.18. The number of nitrogens with one attached hydrogen (secondary N) is 1. The zero-order chi connectivity index (χ0) is 18.5. The van der Waals surface area contributed by atoms with Crippen LogP contribution in [0.15, 0.2) is 12.1 Å². The lowest BCUT2D eigenvalue weighted by molar-refractivity contribution is -0.385. The summed E-state index contributed by atoms with van der Waals surface area (Å²) in [6, 6.07) is 2.53. The zero-order valence-corrected chi connectivity index (χ0v) is 15.0. The van der Waals surface area contributed by atoms with Crippen LogP contribution in [-0.2, 0) is 6.42 Å². The van der Waals surface area contributed by atoms with Crippen LogP contribution < -0.4 is 14.8 Å². The van der Waals surface area contributed by atoms with Crippen LogP contribution in [0.3, 0.4) is 0 Å². The van der Waals surface area contributed by atoms with E-state index in [4.69, 9.17) is 9.47 Å². The first-order valence-electron chi connectivity index (χ1n) is 8.30. The molecule has 138 valence electrons. The third-order valence-electron chi connectivity index (χ3n) is 3.78. The van der Waals surface area contributed by atoms with E-state index in [1.165, 1.54) is 23.5 Å². The molecule has 2 heterocycles. The minimum Gasteiger partial charge on any atom is -0.486 e. The standard InChI is InChI=1S/C16H18N4O5S/c1-2-3-4-5-14-18-19-16(26-14)17-15(21)10-8-12-13(25-7-6-24-12)9-11(10)20(22)23/h8-9H,2-7H2,1H3,(H,17,19,21). The molecule has 9 nitrogen and oxygen atoms in total. The molecule has 0 spiro atoms. The molecule has 10 heteroatoms. The monoisotopic (exact) mass is 378 g/mol. The zero-order valence-electron chi connectivity index (χ0n) is 14.2. The number of rotatable bonds is 7. The molecule has 26 heavy (non-hydrogen) atoms. The maximum Gasteiger partial charge on any atom is 0.286 e. The Morgan fingerprint density at radius 2 is 2.00 bits per heavy atom. The van der Waals surface area contributed by atoms with Gasteiger partial charge in [0.15, 0.2) is 11.5 Å². The molecule has 0 radical (unpaired) electrons. The van der Waals surface area contributed by atoms with Crippen molar-refractivity contribution in [2.24, 2.45) is 0 Å². The van der Waals surface area contributed by atoms with Crippen LogP contribution in [0.25, 0.3) is 0 Å². The molecule has 0 bridgehead atoms. The number of aromatic nitrogens is 2. The molecule has 0 aliphatic carbocycles. The lowest BCUT2D eigenvalue weighted by atomic mass is 10.1. The maximum atomic E-state index is 12.5. The number of carbonyl (C=O) groups is 1. The SMILES string of the molecule is CCCCCc1nnc(NC(=O)c2cc3c(cc2[N+](=O)[O-])OCCO3)s1. The van der Waals surface area contributed by atoms with Gasteiger partial charge in [0.2, 0.25) is 5.13 Å². The van der Waals surface area contributed by atoms with Gasteiger partial charge in [-0.2, -0.15) is 0 Å². The van der Waals surface area contributed by atoms with E-state index in [2.05, 4.69) is 22.4 Å². The summed E-state index contributed by atoms with van der Waals surface area (Å²) in [4.78, 5) is 23.2. The Labute approximate surface area is 153 Å². The van der Waals surface area contributed by atoms with Crippen LogP contribution >= 0.6 is 11.3 Å². The fourth-order valence-electron chi connectivity index (χ4n) is 2.51. The van der Waals surface area contributed by atoms with Crippen molar-refractivity contribution in [3.63, 3.8) is 0 Å². The second-order valence-corrected chi connectivity index (χ2v) is 6.74. The largest absolute Gasteiger partial charge is 0.486 e. The van der Waals surface area contributed by atoms with Gasteiger partial charge in [0.25, 0.3) is 11.6 Å². The maximum absolute atomic E-state index is 12.5. The van der Waals surface area contributed by atoms with Gasteiger partial charge in [0.1, 0.15) is 23.8 Å². The van der Waals surface area contributed by atoms with Gasteiger partial charge in [-0.3, -0.25) is 20.2 Å². The number of hydrogen-bond donors (Lipinski definition) is 1. The van der Waals surface area contributed by atoms with Gasteiger partial charge in [0.05, 0.1) is 11.0 Å². The smallest absolute Gasteiger partial charge is 0.286 e. The summed E-state index contributed by atoms with van der Waals surface area (Å²) in [5.74, 6) is -0.0666. The van der Waals surface area contributed by atoms with Crippen molar-refractivity contribution in [1.29, 1.82) is 0 Å². The van der Waals surface area contributed by atoms with Crippen LogP contribution in [0.1, 0.15) is 41.6 Å². The van der Waals surface area contributed by atoms with E-state index in [9.17, 15) is 14.9 Å². The highest BCUT2D eigenvalue weighted by Crippen LogP contribution is 2.37. The number of anilines is 1. The van der Waals surface area contributed by atoms with E-state index < -0.39 is 10.8 Å². The van der Waals surface area contributed by atoms with E-state index in [0.717, 1.165) is 30.7 Å². The average Bonchev–Trinajstić information content (AvgIpc) is 3.08. The molecule has 0 atom stereocenters. The Balaban J connectivity index is 1.78. The van der Waals surface area contributed by atoms with Gasteiger partial charge >= 0.3 is 0 Å². The molecule has 1 aliphatic rings. The molecule has 0 fully saturated rings. The predicted octanol–water partition coefficient (Wildman–Crippen LogP) is 3.20. The van der Waals surface area contributed by atoms with Gasteiger partial charge in [-0.15, -0.1) is 10.2 Å². The molecule has 0 saturated heterocycles. The predicted molar refractivity (Wildman–Crippen MR) is 95.2 cm³/mol. The highest BCUT2D eigenvalue weighted by atomic mass is 32.1. The number of ether oxygens (including phenoxy) is 2. The molecule has 1 N–H and O–H groups in total. The molecule has 0 unspecified atom stereocenters. The van der Waals surface area contributed by atoms with Crippen molar-refractivity contribution in [2.45, 2.75) is 32.6 Å². The molecular formula is C16H18N4O5S. The number of amides is 1. The fraction of sp³-hybridized carbons (Fsp3) is 0.438. The quantitative estimate of drug-likeness (QED) is 0.447. The number of carbonyl (C=O) groups excluding carboxylic acids is 1. The van der Waals surface area contributed by atoms with Crippen molar-refractivity contribution in [1.82, 2.24) is 10.2 Å². The summed E-state index contributed by atoms with van der Waals surface area (Å²) in [6.45, 7) is 2.75. The number of unbranched alkanes of at least 4 members (excludes halogenated alkanes) is 2. The highest BCUT2D eigenvalue weighted by Gasteiger charge is 2.27. The van der Waals surface area contributed by atoms with Gasteiger partial charge in [-0.1, -0.05) is 31.1 Å². The molecule has 3 rings (SSSR count). The summed E-state index contributed by atoms with van der Waals surface area (Å²) < 4.78 is 10.7. The second kappa shape index (κ2) is 8.09. The molecule has 1 aliphatic heterocycles. The Bertz CT molecular complexity index is 823. The average molecular weight is 378 g/mol. The lowest BCUT2D eigenvalue weighted by Crippen LogP contribution is -2.18. The van der Waals surface area contributed by atoms with E-state index in [0.29, 0.717) is 24.1 Å². The number of hydrogen-bond acceptors (Lipinski definition) is 8. The molecule has 0 saturated carbocycles. The van der Waals surface area contributed by atoms with Gasteiger partial charge in [0, 0.05) is 12.5 Å². The first kappa shape index (κ1) is 18.1. The van der Waals surface area contributed by atoms with E-state index >= 15 is 0 Å². The second-order valence-electron chi connectivity index (χ2n) is 5.68. The van der Waals surface area contributed by atoms with Crippen LogP contribution in [0.4, 0.5) is 10.8 Å². The van der Waals surface area contributed by atoms with Crippen LogP contribution in [-0.4, -0.2) is 34.2 Å². The summed E-state index contributed by atoms with van der Waals surface area (Å²) in [6.07, 6.45) is 4.01. The summed E-state index contributed by atoms with van der Waals surface area (Å²) in [5, 5.41) is 23.0. The number of fused-ring (bicyclic) bond motifs is 1. The minimum atomic E-state index is -0.634.